The van der Waals surface area contributed by atoms with E-state index in [4.69, 9.17) is 0 Å². The highest BCUT2D eigenvalue weighted by Gasteiger charge is 2.09. The van der Waals surface area contributed by atoms with Crippen molar-refractivity contribution in [1.29, 1.82) is 0 Å². The van der Waals surface area contributed by atoms with E-state index in [0.717, 1.165) is 0 Å². The second-order valence-corrected chi connectivity index (χ2v) is 4.15. The highest BCUT2D eigenvalue weighted by atomic mass is 16.1. The van der Waals surface area contributed by atoms with Crippen molar-refractivity contribution < 1.29 is 4.79 Å². The standard InChI is InChI=1S/C10H22N2O/c1-7(2)11-9(5)6-10(13)12-8(3)4/h7-9,11H,6H2,1-5H3,(H,12,13). The molecule has 0 saturated carbocycles. The topological polar surface area (TPSA) is 41.1 Å². The summed E-state index contributed by atoms with van der Waals surface area (Å²) in [7, 11) is 0. The van der Waals surface area contributed by atoms with E-state index in [0.29, 0.717) is 12.5 Å². The Bertz CT molecular complexity index is 155. The number of rotatable bonds is 5. The van der Waals surface area contributed by atoms with Gasteiger partial charge in [-0.05, 0) is 20.8 Å². The van der Waals surface area contributed by atoms with Gasteiger partial charge in [-0.1, -0.05) is 13.8 Å². The van der Waals surface area contributed by atoms with Crippen LogP contribution in [0, 0.1) is 0 Å². The highest BCUT2D eigenvalue weighted by molar-refractivity contribution is 5.76. The second-order valence-electron chi connectivity index (χ2n) is 4.15. The molecule has 3 nitrogen and oxygen atoms in total. The maximum atomic E-state index is 11.3. The van der Waals surface area contributed by atoms with Gasteiger partial charge in [0.25, 0.3) is 0 Å². The monoisotopic (exact) mass is 186 g/mol. The molecule has 13 heavy (non-hydrogen) atoms. The fourth-order valence-electron chi connectivity index (χ4n) is 1.29. The molecule has 1 amide bonds. The van der Waals surface area contributed by atoms with Gasteiger partial charge in [-0.2, -0.15) is 0 Å². The first kappa shape index (κ1) is 12.4. The van der Waals surface area contributed by atoms with Crippen LogP contribution in [0.1, 0.15) is 41.0 Å². The van der Waals surface area contributed by atoms with Crippen molar-refractivity contribution in [2.75, 3.05) is 0 Å². The summed E-state index contributed by atoms with van der Waals surface area (Å²) in [6.07, 6.45) is 0.552. The molecule has 0 radical (unpaired) electrons. The van der Waals surface area contributed by atoms with Crippen molar-refractivity contribution in [3.63, 3.8) is 0 Å². The van der Waals surface area contributed by atoms with Gasteiger partial charge in [-0.15, -0.1) is 0 Å². The Hall–Kier alpha value is -0.570. The molecule has 0 rings (SSSR count). The molecule has 0 spiro atoms. The van der Waals surface area contributed by atoms with Gasteiger partial charge < -0.3 is 10.6 Å². The normalized spacial score (nSPS) is 13.5. The average molecular weight is 186 g/mol. The van der Waals surface area contributed by atoms with Gasteiger partial charge in [0.15, 0.2) is 0 Å². The van der Waals surface area contributed by atoms with Gasteiger partial charge in [-0.3, -0.25) is 4.79 Å². The summed E-state index contributed by atoms with van der Waals surface area (Å²) in [6, 6.07) is 0.916. The molecule has 0 aliphatic carbocycles. The maximum absolute atomic E-state index is 11.3. The molecule has 2 N–H and O–H groups in total. The van der Waals surface area contributed by atoms with E-state index in [1.165, 1.54) is 0 Å². The van der Waals surface area contributed by atoms with Crippen LogP contribution in [0.15, 0.2) is 0 Å². The van der Waals surface area contributed by atoms with Crippen LogP contribution in [0.3, 0.4) is 0 Å². The second kappa shape index (κ2) is 5.97. The number of hydrogen-bond acceptors (Lipinski definition) is 2. The summed E-state index contributed by atoms with van der Waals surface area (Å²) in [5, 5.41) is 6.15. The van der Waals surface area contributed by atoms with E-state index < -0.39 is 0 Å². The van der Waals surface area contributed by atoms with Crippen molar-refractivity contribution in [2.45, 2.75) is 59.2 Å². The molecular formula is C10H22N2O. The van der Waals surface area contributed by atoms with E-state index in [9.17, 15) is 4.79 Å². The molecule has 0 saturated heterocycles. The van der Waals surface area contributed by atoms with Crippen molar-refractivity contribution >= 4 is 5.91 Å². The molecule has 1 unspecified atom stereocenters. The molecule has 0 fully saturated rings. The molecular weight excluding hydrogens is 164 g/mol. The zero-order valence-electron chi connectivity index (χ0n) is 9.35. The third-order valence-corrected chi connectivity index (χ3v) is 1.56. The van der Waals surface area contributed by atoms with Crippen LogP contribution in [-0.2, 0) is 4.79 Å². The third kappa shape index (κ3) is 7.78. The SMILES string of the molecule is CC(C)NC(=O)CC(C)NC(C)C. The van der Waals surface area contributed by atoms with E-state index >= 15 is 0 Å². The molecule has 78 valence electrons. The Labute approximate surface area is 81.3 Å². The van der Waals surface area contributed by atoms with E-state index in [2.05, 4.69) is 24.5 Å². The van der Waals surface area contributed by atoms with E-state index in [1.54, 1.807) is 0 Å². The van der Waals surface area contributed by atoms with E-state index in [1.807, 2.05) is 20.8 Å². The summed E-state index contributed by atoms with van der Waals surface area (Å²) in [4.78, 5) is 11.3. The molecule has 0 bridgehead atoms. The van der Waals surface area contributed by atoms with Crippen LogP contribution in [-0.4, -0.2) is 24.0 Å². The minimum Gasteiger partial charge on any atom is -0.354 e. The van der Waals surface area contributed by atoms with Gasteiger partial charge in [0.2, 0.25) is 5.91 Å². The lowest BCUT2D eigenvalue weighted by atomic mass is 10.2. The average Bonchev–Trinajstić information content (AvgIpc) is 1.80. The minimum absolute atomic E-state index is 0.121. The van der Waals surface area contributed by atoms with Gasteiger partial charge in [0.1, 0.15) is 0 Å². The molecule has 0 aromatic heterocycles. The predicted molar refractivity (Wildman–Crippen MR) is 55.6 cm³/mol. The fraction of sp³-hybridized carbons (Fsp3) is 0.900. The number of amides is 1. The van der Waals surface area contributed by atoms with E-state index in [-0.39, 0.29) is 18.0 Å². The summed E-state index contributed by atoms with van der Waals surface area (Å²) < 4.78 is 0. The van der Waals surface area contributed by atoms with Gasteiger partial charge in [0.05, 0.1) is 0 Å². The zero-order valence-corrected chi connectivity index (χ0v) is 9.35. The smallest absolute Gasteiger partial charge is 0.221 e. The van der Waals surface area contributed by atoms with Crippen molar-refractivity contribution in [3.05, 3.63) is 0 Å². The minimum atomic E-state index is 0.121. The van der Waals surface area contributed by atoms with Gasteiger partial charge in [0, 0.05) is 24.5 Å². The first-order valence-electron chi connectivity index (χ1n) is 4.97. The Morgan fingerprint density at radius 3 is 2.00 bits per heavy atom. The van der Waals surface area contributed by atoms with Crippen LogP contribution in [0.5, 0.6) is 0 Å². The van der Waals surface area contributed by atoms with Crippen LogP contribution in [0.4, 0.5) is 0 Å². The largest absolute Gasteiger partial charge is 0.354 e. The molecule has 0 aliphatic rings. The molecule has 0 heterocycles. The molecule has 0 aromatic rings. The van der Waals surface area contributed by atoms with Gasteiger partial charge in [-0.25, -0.2) is 0 Å². The first-order valence-corrected chi connectivity index (χ1v) is 4.97. The molecule has 1 atom stereocenters. The lowest BCUT2D eigenvalue weighted by Gasteiger charge is -2.17. The number of hydrogen-bond donors (Lipinski definition) is 2. The van der Waals surface area contributed by atoms with Crippen LogP contribution in [0.25, 0.3) is 0 Å². The third-order valence-electron chi connectivity index (χ3n) is 1.56. The summed E-state index contributed by atoms with van der Waals surface area (Å²) in [5.41, 5.74) is 0. The summed E-state index contributed by atoms with van der Waals surface area (Å²) in [6.45, 7) is 10.1. The fourth-order valence-corrected chi connectivity index (χ4v) is 1.29. The molecule has 3 heteroatoms. The zero-order chi connectivity index (χ0) is 10.4. The summed E-state index contributed by atoms with van der Waals surface area (Å²) in [5.74, 6) is 0.121. The number of carbonyl (C=O) groups excluding carboxylic acids is 1. The molecule has 0 aliphatic heterocycles. The quantitative estimate of drug-likeness (QED) is 0.679. The Morgan fingerprint density at radius 2 is 1.62 bits per heavy atom. The van der Waals surface area contributed by atoms with Crippen molar-refractivity contribution in [3.8, 4) is 0 Å². The molecule has 0 aromatic carbocycles. The number of carbonyl (C=O) groups is 1. The van der Waals surface area contributed by atoms with Crippen molar-refractivity contribution in [2.24, 2.45) is 0 Å². The van der Waals surface area contributed by atoms with Crippen LogP contribution < -0.4 is 10.6 Å². The Balaban J connectivity index is 3.65. The van der Waals surface area contributed by atoms with Crippen molar-refractivity contribution in [1.82, 2.24) is 10.6 Å². The lowest BCUT2D eigenvalue weighted by Crippen LogP contribution is -2.39. The Kier molecular flexibility index (Phi) is 5.71. The van der Waals surface area contributed by atoms with Crippen LogP contribution in [0.2, 0.25) is 0 Å². The Morgan fingerprint density at radius 1 is 1.08 bits per heavy atom. The highest BCUT2D eigenvalue weighted by Crippen LogP contribution is 1.93. The van der Waals surface area contributed by atoms with Crippen LogP contribution >= 0.6 is 0 Å². The number of nitrogens with one attached hydrogen (secondary N) is 2. The maximum Gasteiger partial charge on any atom is 0.221 e. The van der Waals surface area contributed by atoms with Gasteiger partial charge >= 0.3 is 0 Å². The lowest BCUT2D eigenvalue weighted by molar-refractivity contribution is -0.122. The first-order chi connectivity index (χ1) is 5.91. The summed E-state index contributed by atoms with van der Waals surface area (Å²) >= 11 is 0. The predicted octanol–water partition coefficient (Wildman–Crippen LogP) is 1.29.